The van der Waals surface area contributed by atoms with Gasteiger partial charge < -0.3 is 6.16 Å². The second-order valence-corrected chi connectivity index (χ2v) is 10.6. The van der Waals surface area contributed by atoms with E-state index in [2.05, 4.69) is 19.6 Å². The van der Waals surface area contributed by atoms with Gasteiger partial charge in [0.1, 0.15) is 11.6 Å². The number of ether oxygens (including phenoxy) is 1. The molecule has 5 aromatic rings. The standard InChI is InChI=1S/C32H30FN5O4.K.H/c1-3-6-27-35-19(2)29(22-13-14-28(34-16-22)41-18-20-9-10-20)31(39)38(27)17-23-12-11-21(15-26(23)33)24-7-4-5-8-25(24)30-36-32(40)42-37-30;;/h4-5,7-8,11-16,20H,3,6,9-10,17-18H2,1-2H3,(H,36,37,40);;/q;+1;-1. The molecule has 6 rings (SSSR count). The van der Waals surface area contributed by atoms with E-state index < -0.39 is 11.6 Å². The minimum absolute atomic E-state index is 0. The zero-order valence-electron chi connectivity index (χ0n) is 25.4. The molecular formula is C32H31FKN5O4. The van der Waals surface area contributed by atoms with Crippen molar-refractivity contribution in [3.05, 3.63) is 105 Å². The normalized spacial score (nSPS) is 12.6. The monoisotopic (exact) mass is 607 g/mol. The van der Waals surface area contributed by atoms with E-state index in [1.54, 1.807) is 41.1 Å². The molecule has 9 nitrogen and oxygen atoms in total. The van der Waals surface area contributed by atoms with E-state index in [1.807, 2.05) is 32.0 Å². The van der Waals surface area contributed by atoms with Gasteiger partial charge in [0.15, 0.2) is 5.82 Å². The van der Waals surface area contributed by atoms with Crippen molar-refractivity contribution in [1.82, 2.24) is 24.7 Å². The smallest absolute Gasteiger partial charge is 1.00 e. The molecular weight excluding hydrogens is 576 g/mol. The van der Waals surface area contributed by atoms with Crippen LogP contribution in [-0.4, -0.2) is 31.3 Å². The van der Waals surface area contributed by atoms with Crippen molar-refractivity contribution >= 4 is 0 Å². The number of nitrogens with one attached hydrogen (secondary N) is 1. The number of H-pyrrole nitrogens is 1. The molecule has 0 aliphatic heterocycles. The van der Waals surface area contributed by atoms with E-state index in [0.29, 0.717) is 69.7 Å². The number of aromatic amines is 1. The Balaban J connectivity index is 0.00000221. The fraction of sp³-hybridized carbons (Fsp3) is 0.281. The SMILES string of the molecule is CCCc1nc(C)c(-c2ccc(OCC3CC3)nc2)c(=O)n1Cc1ccc(-c2ccccc2-c2noc(=O)[nH]2)cc1F.[H-].[K+]. The Bertz CT molecular complexity index is 1870. The van der Waals surface area contributed by atoms with Crippen LogP contribution in [0.25, 0.3) is 33.6 Å². The number of hydrogen-bond donors (Lipinski definition) is 1. The number of nitrogens with zero attached hydrogens (tertiary/aromatic N) is 4. The Morgan fingerprint density at radius 3 is 2.51 bits per heavy atom. The molecule has 3 heterocycles. The molecule has 2 aromatic carbocycles. The Morgan fingerprint density at radius 2 is 1.86 bits per heavy atom. The largest absolute Gasteiger partial charge is 1.00 e. The summed E-state index contributed by atoms with van der Waals surface area (Å²) >= 11 is 0. The molecule has 0 radical (unpaired) electrons. The summed E-state index contributed by atoms with van der Waals surface area (Å²) in [6.07, 6.45) is 5.36. The Labute approximate surface area is 291 Å². The van der Waals surface area contributed by atoms with Gasteiger partial charge in [-0.3, -0.25) is 18.9 Å². The maximum Gasteiger partial charge on any atom is 1.00 e. The zero-order valence-corrected chi connectivity index (χ0v) is 27.5. The Kier molecular flexibility index (Phi) is 9.87. The number of benzene rings is 2. The summed E-state index contributed by atoms with van der Waals surface area (Å²) in [5, 5.41) is 3.78. The molecule has 43 heavy (non-hydrogen) atoms. The predicted octanol–water partition coefficient (Wildman–Crippen LogP) is 2.67. The molecule has 1 aliphatic carbocycles. The molecule has 0 amide bonds. The molecule has 0 atom stereocenters. The first-order chi connectivity index (χ1) is 20.4. The number of halogens is 1. The summed E-state index contributed by atoms with van der Waals surface area (Å²) in [6.45, 7) is 4.50. The first kappa shape index (κ1) is 31.2. The summed E-state index contributed by atoms with van der Waals surface area (Å²) < 4.78 is 27.6. The fourth-order valence-corrected chi connectivity index (χ4v) is 5.03. The molecule has 1 fully saturated rings. The average molecular weight is 608 g/mol. The molecule has 216 valence electrons. The van der Waals surface area contributed by atoms with Gasteiger partial charge in [-0.05, 0) is 55.4 Å². The molecule has 3 aromatic heterocycles. The number of rotatable bonds is 10. The van der Waals surface area contributed by atoms with Crippen LogP contribution in [0.4, 0.5) is 4.39 Å². The summed E-state index contributed by atoms with van der Waals surface area (Å²) in [5.74, 6) is 0.855. The van der Waals surface area contributed by atoms with Crippen molar-refractivity contribution in [2.75, 3.05) is 6.61 Å². The summed E-state index contributed by atoms with van der Waals surface area (Å²) in [6, 6.07) is 15.7. The van der Waals surface area contributed by atoms with Crippen molar-refractivity contribution in [3.63, 3.8) is 0 Å². The molecule has 1 aliphatic rings. The van der Waals surface area contributed by atoms with Crippen LogP contribution in [0, 0.1) is 18.7 Å². The first-order valence-corrected chi connectivity index (χ1v) is 14.0. The summed E-state index contributed by atoms with van der Waals surface area (Å²) in [5.41, 5.74) is 3.64. The van der Waals surface area contributed by atoms with Crippen molar-refractivity contribution in [3.8, 4) is 39.5 Å². The molecule has 0 spiro atoms. The maximum atomic E-state index is 15.6. The van der Waals surface area contributed by atoms with Gasteiger partial charge in [0.2, 0.25) is 5.88 Å². The summed E-state index contributed by atoms with van der Waals surface area (Å²) in [4.78, 5) is 37.1. The van der Waals surface area contributed by atoms with Crippen LogP contribution in [0.5, 0.6) is 5.88 Å². The fourth-order valence-electron chi connectivity index (χ4n) is 5.03. The molecule has 0 saturated heterocycles. The van der Waals surface area contributed by atoms with E-state index in [-0.39, 0.29) is 70.7 Å². The second kappa shape index (κ2) is 13.6. The molecule has 1 N–H and O–H groups in total. The van der Waals surface area contributed by atoms with Gasteiger partial charge in [-0.2, -0.15) is 0 Å². The number of pyridine rings is 1. The first-order valence-electron chi connectivity index (χ1n) is 14.0. The Morgan fingerprint density at radius 1 is 1.09 bits per heavy atom. The van der Waals surface area contributed by atoms with Crippen LogP contribution in [-0.2, 0) is 13.0 Å². The van der Waals surface area contributed by atoms with Crippen molar-refractivity contribution in [2.24, 2.45) is 5.92 Å². The van der Waals surface area contributed by atoms with Gasteiger partial charge in [0.05, 0.1) is 24.4 Å². The van der Waals surface area contributed by atoms with Gasteiger partial charge in [-0.25, -0.2) is 19.2 Å². The molecule has 1 saturated carbocycles. The van der Waals surface area contributed by atoms with Crippen LogP contribution >= 0.6 is 0 Å². The van der Waals surface area contributed by atoms with E-state index in [0.717, 1.165) is 6.42 Å². The third-order valence-corrected chi connectivity index (χ3v) is 7.41. The van der Waals surface area contributed by atoms with Gasteiger partial charge in [-0.1, -0.05) is 48.5 Å². The molecule has 0 bridgehead atoms. The van der Waals surface area contributed by atoms with Gasteiger partial charge in [-0.15, -0.1) is 0 Å². The number of aryl methyl sites for hydroxylation is 2. The second-order valence-electron chi connectivity index (χ2n) is 10.6. The van der Waals surface area contributed by atoms with E-state index in [4.69, 9.17) is 9.72 Å². The number of hydrogen-bond acceptors (Lipinski definition) is 7. The molecule has 0 unspecified atom stereocenters. The minimum atomic E-state index is -0.672. The van der Waals surface area contributed by atoms with E-state index in [1.165, 1.54) is 18.9 Å². The van der Waals surface area contributed by atoms with Crippen LogP contribution in [0.15, 0.2) is 74.9 Å². The van der Waals surface area contributed by atoms with Crippen LogP contribution in [0.3, 0.4) is 0 Å². The maximum absolute atomic E-state index is 15.6. The van der Waals surface area contributed by atoms with E-state index in [9.17, 15) is 9.59 Å². The van der Waals surface area contributed by atoms with Crippen LogP contribution in [0.2, 0.25) is 0 Å². The summed E-state index contributed by atoms with van der Waals surface area (Å²) in [7, 11) is 0. The van der Waals surface area contributed by atoms with Crippen molar-refractivity contribution in [2.45, 2.75) is 46.1 Å². The zero-order chi connectivity index (χ0) is 29.2. The molecule has 11 heteroatoms. The van der Waals surface area contributed by atoms with Crippen molar-refractivity contribution < 1.29 is 66.5 Å². The predicted molar refractivity (Wildman–Crippen MR) is 157 cm³/mol. The van der Waals surface area contributed by atoms with Gasteiger partial charge >= 0.3 is 57.1 Å². The van der Waals surface area contributed by atoms with E-state index >= 15 is 4.39 Å². The van der Waals surface area contributed by atoms with Crippen LogP contribution in [0.1, 0.15) is 44.7 Å². The third kappa shape index (κ3) is 6.96. The van der Waals surface area contributed by atoms with Gasteiger partial charge in [0, 0.05) is 35.4 Å². The van der Waals surface area contributed by atoms with Crippen molar-refractivity contribution in [1.29, 1.82) is 0 Å². The minimum Gasteiger partial charge on any atom is -1.00 e. The van der Waals surface area contributed by atoms with Gasteiger partial charge in [0.25, 0.3) is 5.56 Å². The Hall–Kier alpha value is -3.22. The van der Waals surface area contributed by atoms with Crippen LogP contribution < -0.4 is 67.4 Å². The third-order valence-electron chi connectivity index (χ3n) is 7.41. The average Bonchev–Trinajstić information content (AvgIpc) is 3.73. The topological polar surface area (TPSA) is 116 Å². The quantitative estimate of drug-likeness (QED) is 0.243. The number of aromatic nitrogens is 5.